The maximum absolute atomic E-state index is 12.9. The fraction of sp³-hybridized carbons (Fsp3) is 0.316. The van der Waals surface area contributed by atoms with Crippen LogP contribution >= 0.6 is 23.2 Å². The van der Waals surface area contributed by atoms with E-state index in [4.69, 9.17) is 27.9 Å². The minimum atomic E-state index is -3.54. The summed E-state index contributed by atoms with van der Waals surface area (Å²) >= 11 is 11.8. The van der Waals surface area contributed by atoms with Crippen molar-refractivity contribution in [1.29, 1.82) is 0 Å². The lowest BCUT2D eigenvalue weighted by molar-refractivity contribution is 0.0596. The van der Waals surface area contributed by atoms with Crippen LogP contribution < -0.4 is 9.46 Å². The van der Waals surface area contributed by atoms with Crippen LogP contribution in [0.2, 0.25) is 10.0 Å². The lowest BCUT2D eigenvalue weighted by Crippen LogP contribution is -2.42. The minimum absolute atomic E-state index is 0.00376. The van der Waals surface area contributed by atoms with Gasteiger partial charge in [-0.05, 0) is 42.5 Å². The monoisotopic (exact) mass is 442 g/mol. The molecule has 2 aromatic rings. The number of hydrogen-bond acceptors (Lipinski definition) is 4. The van der Waals surface area contributed by atoms with Crippen molar-refractivity contribution in [2.75, 3.05) is 24.1 Å². The zero-order valence-electron chi connectivity index (χ0n) is 15.2. The van der Waals surface area contributed by atoms with E-state index in [9.17, 15) is 13.2 Å². The maximum atomic E-state index is 12.9. The molecule has 1 heterocycles. The largest absolute Gasteiger partial charge is 0.490 e. The number of sulfonamides is 1. The summed E-state index contributed by atoms with van der Waals surface area (Å²) in [5.41, 5.74) is 0.450. The quantitative estimate of drug-likeness (QED) is 0.757. The summed E-state index contributed by atoms with van der Waals surface area (Å²) in [4.78, 5) is 14.6. The van der Waals surface area contributed by atoms with Crippen molar-refractivity contribution in [2.24, 2.45) is 0 Å². The molecular weight excluding hydrogens is 423 g/mol. The van der Waals surface area contributed by atoms with Crippen molar-refractivity contribution in [1.82, 2.24) is 4.90 Å². The van der Waals surface area contributed by atoms with E-state index >= 15 is 0 Å². The highest BCUT2D eigenvalue weighted by Gasteiger charge is 2.26. The van der Waals surface area contributed by atoms with Gasteiger partial charge in [0.2, 0.25) is 10.0 Å². The van der Waals surface area contributed by atoms with Gasteiger partial charge in [0.05, 0.1) is 17.5 Å². The van der Waals surface area contributed by atoms with Crippen molar-refractivity contribution in [3.05, 3.63) is 58.1 Å². The molecule has 0 atom stereocenters. The topological polar surface area (TPSA) is 75.7 Å². The van der Waals surface area contributed by atoms with Gasteiger partial charge in [-0.1, -0.05) is 23.2 Å². The summed E-state index contributed by atoms with van der Waals surface area (Å²) < 4.78 is 31.5. The number of benzene rings is 2. The zero-order valence-corrected chi connectivity index (χ0v) is 17.5. The summed E-state index contributed by atoms with van der Waals surface area (Å²) in [5, 5.41) is 0.993. The molecule has 3 rings (SSSR count). The summed E-state index contributed by atoms with van der Waals surface area (Å²) in [7, 11) is -3.54. The number of carbonyl (C=O) groups is 1. The molecule has 150 valence electrons. The molecule has 0 bridgehead atoms. The third kappa shape index (κ3) is 5.53. The number of ether oxygens (including phenoxy) is 1. The van der Waals surface area contributed by atoms with E-state index < -0.39 is 10.0 Å². The number of likely N-dealkylation sites (tertiary alicyclic amines) is 1. The molecule has 2 aromatic carbocycles. The van der Waals surface area contributed by atoms with Crippen LogP contribution in [0.3, 0.4) is 0 Å². The molecule has 0 aromatic heterocycles. The molecule has 0 saturated carbocycles. The number of halogens is 2. The first kappa shape index (κ1) is 20.8. The Bertz CT molecular complexity index is 956. The second-order valence-corrected chi connectivity index (χ2v) is 9.25. The van der Waals surface area contributed by atoms with Crippen molar-refractivity contribution >= 4 is 44.8 Å². The van der Waals surface area contributed by atoms with Gasteiger partial charge in [-0.15, -0.1) is 0 Å². The molecule has 1 amide bonds. The third-order valence-electron chi connectivity index (χ3n) is 4.35. The fourth-order valence-corrected chi connectivity index (χ4v) is 3.91. The van der Waals surface area contributed by atoms with Gasteiger partial charge in [0.1, 0.15) is 11.9 Å². The van der Waals surface area contributed by atoms with E-state index in [-0.39, 0.29) is 23.3 Å². The van der Waals surface area contributed by atoms with Gasteiger partial charge < -0.3 is 9.64 Å². The number of nitrogens with zero attached hydrogens (tertiary/aromatic N) is 1. The van der Waals surface area contributed by atoms with Gasteiger partial charge in [0.25, 0.3) is 5.91 Å². The van der Waals surface area contributed by atoms with E-state index in [1.807, 2.05) is 12.1 Å². The van der Waals surface area contributed by atoms with E-state index in [0.717, 1.165) is 12.0 Å². The Morgan fingerprint density at radius 3 is 2.29 bits per heavy atom. The van der Waals surface area contributed by atoms with Crippen LogP contribution in [0.1, 0.15) is 23.2 Å². The van der Waals surface area contributed by atoms with Crippen LogP contribution in [-0.2, 0) is 10.0 Å². The Hall–Kier alpha value is -1.96. The Kier molecular flexibility index (Phi) is 6.37. The van der Waals surface area contributed by atoms with Crippen molar-refractivity contribution in [2.45, 2.75) is 18.9 Å². The predicted molar refractivity (Wildman–Crippen MR) is 111 cm³/mol. The zero-order chi connectivity index (χ0) is 20.3. The number of carbonyl (C=O) groups excluding carboxylic acids is 1. The van der Waals surface area contributed by atoms with Gasteiger partial charge in [-0.25, -0.2) is 8.42 Å². The van der Waals surface area contributed by atoms with Crippen LogP contribution in [0.15, 0.2) is 42.5 Å². The van der Waals surface area contributed by atoms with E-state index in [2.05, 4.69) is 4.72 Å². The second kappa shape index (κ2) is 8.59. The van der Waals surface area contributed by atoms with Crippen LogP contribution in [0.4, 0.5) is 5.69 Å². The number of piperidine rings is 1. The highest BCUT2D eigenvalue weighted by Crippen LogP contribution is 2.26. The first-order chi connectivity index (χ1) is 13.2. The van der Waals surface area contributed by atoms with Crippen LogP contribution in [0.5, 0.6) is 5.75 Å². The van der Waals surface area contributed by atoms with E-state index in [1.54, 1.807) is 23.1 Å². The Morgan fingerprint density at radius 2 is 1.68 bits per heavy atom. The number of anilines is 1. The molecule has 1 aliphatic rings. The van der Waals surface area contributed by atoms with E-state index in [1.165, 1.54) is 12.1 Å². The standard InChI is InChI=1S/C19H20Cl2N2O4S/c1-28(25,26)22-18-12-14(21)4-7-17(18)19(24)23-10-8-16(9-11-23)27-15-5-2-13(20)3-6-15/h2-7,12,16,22H,8-11H2,1H3. The Morgan fingerprint density at radius 1 is 1.07 bits per heavy atom. The summed E-state index contributed by atoms with van der Waals surface area (Å²) in [6, 6.07) is 11.7. The minimum Gasteiger partial charge on any atom is -0.490 e. The Balaban J connectivity index is 1.66. The first-order valence-electron chi connectivity index (χ1n) is 8.70. The number of nitrogens with one attached hydrogen (secondary N) is 1. The second-order valence-electron chi connectivity index (χ2n) is 6.63. The molecule has 1 N–H and O–H groups in total. The predicted octanol–water partition coefficient (Wildman–Crippen LogP) is 4.05. The maximum Gasteiger partial charge on any atom is 0.255 e. The van der Waals surface area contributed by atoms with Crippen LogP contribution in [0.25, 0.3) is 0 Å². The lowest BCUT2D eigenvalue weighted by atomic mass is 10.1. The van der Waals surface area contributed by atoms with Gasteiger partial charge >= 0.3 is 0 Å². The molecule has 0 spiro atoms. The summed E-state index contributed by atoms with van der Waals surface area (Å²) in [5.74, 6) is 0.499. The SMILES string of the molecule is CS(=O)(=O)Nc1cc(Cl)ccc1C(=O)N1CCC(Oc2ccc(Cl)cc2)CC1. The summed E-state index contributed by atoms with van der Waals surface area (Å²) in [6.07, 6.45) is 2.39. The lowest BCUT2D eigenvalue weighted by Gasteiger charge is -2.32. The highest BCUT2D eigenvalue weighted by atomic mass is 35.5. The van der Waals surface area contributed by atoms with Gasteiger partial charge in [0, 0.05) is 36.0 Å². The number of rotatable bonds is 5. The van der Waals surface area contributed by atoms with Crippen LogP contribution in [-0.4, -0.2) is 44.7 Å². The molecule has 28 heavy (non-hydrogen) atoms. The first-order valence-corrected chi connectivity index (χ1v) is 11.3. The third-order valence-corrected chi connectivity index (χ3v) is 5.43. The molecule has 0 unspecified atom stereocenters. The Labute approximate surface area is 174 Å². The molecule has 9 heteroatoms. The molecule has 1 fully saturated rings. The van der Waals surface area contributed by atoms with Crippen molar-refractivity contribution < 1.29 is 17.9 Å². The van der Waals surface area contributed by atoms with Gasteiger partial charge in [-0.3, -0.25) is 9.52 Å². The fourth-order valence-electron chi connectivity index (χ4n) is 3.04. The molecule has 1 aliphatic heterocycles. The van der Waals surface area contributed by atoms with Crippen molar-refractivity contribution in [3.63, 3.8) is 0 Å². The molecular formula is C19H20Cl2N2O4S. The number of hydrogen-bond donors (Lipinski definition) is 1. The van der Waals surface area contributed by atoms with Crippen LogP contribution in [0, 0.1) is 0 Å². The van der Waals surface area contributed by atoms with E-state index in [0.29, 0.717) is 36.0 Å². The summed E-state index contributed by atoms with van der Waals surface area (Å²) in [6.45, 7) is 1.02. The average molecular weight is 443 g/mol. The smallest absolute Gasteiger partial charge is 0.255 e. The normalized spacial score (nSPS) is 15.3. The molecule has 1 saturated heterocycles. The molecule has 6 nitrogen and oxygen atoms in total. The highest BCUT2D eigenvalue weighted by molar-refractivity contribution is 7.92. The molecule has 0 radical (unpaired) electrons. The van der Waals surface area contributed by atoms with Crippen molar-refractivity contribution in [3.8, 4) is 5.75 Å². The van der Waals surface area contributed by atoms with Gasteiger partial charge in [0.15, 0.2) is 0 Å². The molecule has 0 aliphatic carbocycles. The number of amides is 1. The van der Waals surface area contributed by atoms with Gasteiger partial charge in [-0.2, -0.15) is 0 Å². The average Bonchev–Trinajstić information content (AvgIpc) is 2.63.